The molecule has 0 amide bonds. The molecule has 0 bridgehead atoms. The fourth-order valence-electron chi connectivity index (χ4n) is 9.93. The van der Waals surface area contributed by atoms with Gasteiger partial charge in [0.2, 0.25) is 11.4 Å². The lowest BCUT2D eigenvalue weighted by Crippen LogP contribution is -2.58. The molecule has 0 aromatic heterocycles. The summed E-state index contributed by atoms with van der Waals surface area (Å²) in [5, 5.41) is 4.50. The van der Waals surface area contributed by atoms with Crippen molar-refractivity contribution in [1.82, 2.24) is 0 Å². The zero-order chi connectivity index (χ0) is 37.4. The van der Waals surface area contributed by atoms with Gasteiger partial charge in [-0.25, -0.2) is 0 Å². The summed E-state index contributed by atoms with van der Waals surface area (Å²) < 4.78 is 26.7. The van der Waals surface area contributed by atoms with Crippen LogP contribution in [0.15, 0.2) is 109 Å². The highest BCUT2D eigenvalue weighted by Crippen LogP contribution is 2.61. The fourth-order valence-corrected chi connectivity index (χ4v) is 9.93. The molecule has 6 heteroatoms. The Kier molecular flexibility index (Phi) is 6.58. The predicted molar refractivity (Wildman–Crippen MR) is 221 cm³/mol. The van der Waals surface area contributed by atoms with E-state index in [2.05, 4.69) is 161 Å². The molecule has 4 aliphatic rings. The van der Waals surface area contributed by atoms with Gasteiger partial charge in [-0.2, -0.15) is 0 Å². The molecule has 0 fully saturated rings. The van der Waals surface area contributed by atoms with E-state index in [4.69, 9.17) is 18.9 Å². The van der Waals surface area contributed by atoms with Crippen LogP contribution in [0.3, 0.4) is 0 Å². The molecule has 54 heavy (non-hydrogen) atoms. The predicted octanol–water partition coefficient (Wildman–Crippen LogP) is 10.7. The summed E-state index contributed by atoms with van der Waals surface area (Å²) in [5.74, 6) is 3.35. The van der Waals surface area contributed by atoms with Crippen LogP contribution in [0.1, 0.15) is 49.9 Å². The average Bonchev–Trinajstić information content (AvgIpc) is 3.45. The highest BCUT2D eigenvalue weighted by Gasteiger charge is 2.60. The molecule has 6 aromatic rings. The first-order valence-electron chi connectivity index (χ1n) is 18.7. The van der Waals surface area contributed by atoms with Crippen molar-refractivity contribution in [3.05, 3.63) is 131 Å². The fraction of sp³-hybridized carbons (Fsp3) is 0.250. The Labute approximate surface area is 316 Å². The smallest absolute Gasteiger partial charge is 0.211 e. The second kappa shape index (κ2) is 10.8. The van der Waals surface area contributed by atoms with Crippen molar-refractivity contribution in [2.24, 2.45) is 0 Å². The largest absolute Gasteiger partial charge is 0.497 e. The normalized spacial score (nSPS) is 22.2. The minimum absolute atomic E-state index is 0.437. The first-order valence-corrected chi connectivity index (χ1v) is 18.7. The van der Waals surface area contributed by atoms with Crippen LogP contribution in [0.5, 0.6) is 23.0 Å². The molecule has 0 saturated carbocycles. The van der Waals surface area contributed by atoms with Crippen LogP contribution in [0, 0.1) is 0 Å². The Morgan fingerprint density at radius 2 is 0.926 bits per heavy atom. The van der Waals surface area contributed by atoms with Crippen LogP contribution in [0.4, 0.5) is 11.4 Å². The molecule has 0 saturated heterocycles. The number of anilines is 2. The highest BCUT2D eigenvalue weighted by molar-refractivity contribution is 6.12. The average molecular weight is 713 g/mol. The number of fused-ring (bicyclic) bond motifs is 6. The summed E-state index contributed by atoms with van der Waals surface area (Å²) in [4.78, 5) is 4.57. The van der Waals surface area contributed by atoms with Crippen molar-refractivity contribution in [2.75, 3.05) is 38.1 Å². The Hall–Kier alpha value is -5.88. The second-order valence-electron chi connectivity index (χ2n) is 16.2. The minimum atomic E-state index is -0.813. The van der Waals surface area contributed by atoms with E-state index in [-0.39, 0.29) is 0 Å². The van der Waals surface area contributed by atoms with Gasteiger partial charge in [-0.05, 0) is 133 Å². The van der Waals surface area contributed by atoms with Gasteiger partial charge in [-0.15, -0.1) is 0 Å². The summed E-state index contributed by atoms with van der Waals surface area (Å²) in [6.45, 7) is 9.08. The van der Waals surface area contributed by atoms with Crippen LogP contribution >= 0.6 is 0 Å². The van der Waals surface area contributed by atoms with Crippen LogP contribution in [0.25, 0.3) is 44.8 Å². The number of ether oxygens (including phenoxy) is 4. The Morgan fingerprint density at radius 3 is 1.33 bits per heavy atom. The summed E-state index contributed by atoms with van der Waals surface area (Å²) in [7, 11) is 7.72. The molecule has 0 aliphatic carbocycles. The van der Waals surface area contributed by atoms with E-state index in [1.165, 1.54) is 11.1 Å². The second-order valence-corrected chi connectivity index (χ2v) is 16.2. The number of benzene rings is 6. The SMILES string of the molecule is COc1ccc2c(c1)C(C)(C)C1(C=Cc3cc4ccccc4c(-c4c5c(cc6ccccc46)C=CC4(O5)N(C)c5ccc(OC)cc5C4(C)C)c3O1)N2C. The van der Waals surface area contributed by atoms with Crippen LogP contribution in [-0.2, 0) is 10.8 Å². The maximum atomic E-state index is 7.65. The van der Waals surface area contributed by atoms with Gasteiger partial charge in [0.25, 0.3) is 0 Å². The number of nitrogens with zero attached hydrogens (tertiary/aromatic N) is 2. The summed E-state index contributed by atoms with van der Waals surface area (Å²) in [6, 6.07) is 34.5. The van der Waals surface area contributed by atoms with Crippen molar-refractivity contribution in [2.45, 2.75) is 50.0 Å². The third-order valence-corrected chi connectivity index (χ3v) is 13.1. The molecule has 2 atom stereocenters. The summed E-state index contributed by atoms with van der Waals surface area (Å²) >= 11 is 0. The molecule has 2 spiro atoms. The minimum Gasteiger partial charge on any atom is -0.497 e. The molecule has 6 nitrogen and oxygen atoms in total. The number of hydrogen-bond acceptors (Lipinski definition) is 6. The van der Waals surface area contributed by atoms with Crippen molar-refractivity contribution in [3.8, 4) is 34.1 Å². The summed E-state index contributed by atoms with van der Waals surface area (Å²) in [6.07, 6.45) is 9.00. The number of hydrogen-bond donors (Lipinski definition) is 0. The van der Waals surface area contributed by atoms with Gasteiger partial charge in [0.05, 0.1) is 25.0 Å². The van der Waals surface area contributed by atoms with E-state index in [1.54, 1.807) is 14.2 Å². The van der Waals surface area contributed by atoms with Crippen molar-refractivity contribution in [3.63, 3.8) is 0 Å². The first-order chi connectivity index (χ1) is 26.0. The van der Waals surface area contributed by atoms with Gasteiger partial charge in [-0.1, -0.05) is 48.5 Å². The molecule has 4 heterocycles. The molecule has 0 radical (unpaired) electrons. The van der Waals surface area contributed by atoms with E-state index in [0.29, 0.717) is 0 Å². The van der Waals surface area contributed by atoms with Gasteiger partial charge >= 0.3 is 0 Å². The number of methoxy groups -OCH3 is 2. The molecule has 4 aliphatic heterocycles. The van der Waals surface area contributed by atoms with Gasteiger partial charge in [0, 0.05) is 47.7 Å². The quantitative estimate of drug-likeness (QED) is 0.182. The van der Waals surface area contributed by atoms with Crippen molar-refractivity contribution < 1.29 is 18.9 Å². The van der Waals surface area contributed by atoms with Crippen LogP contribution in [0.2, 0.25) is 0 Å². The lowest BCUT2D eigenvalue weighted by atomic mass is 9.75. The Morgan fingerprint density at radius 1 is 0.519 bits per heavy atom. The zero-order valence-electron chi connectivity index (χ0n) is 32.1. The third kappa shape index (κ3) is 3.95. The standard InChI is InChI=1S/C48H44N2O4/c1-45(2)37-27-33(51-7)17-19-39(37)49(5)47(45)23-21-31-25-29-13-9-11-15-35(29)41(43(31)53-47)42-36-16-12-10-14-30(36)26-32-22-24-48(54-44(32)42)46(3,4)38-28-34(52-8)18-20-40(38)50(48)6/h9-28H,1-8H3. The van der Waals surface area contributed by atoms with E-state index in [0.717, 1.165) is 78.2 Å². The van der Waals surface area contributed by atoms with Crippen molar-refractivity contribution >= 4 is 45.1 Å². The molecule has 270 valence electrons. The number of rotatable bonds is 3. The van der Waals surface area contributed by atoms with E-state index in [9.17, 15) is 0 Å². The van der Waals surface area contributed by atoms with Crippen LogP contribution < -0.4 is 28.7 Å². The highest BCUT2D eigenvalue weighted by atomic mass is 16.5. The lowest BCUT2D eigenvalue weighted by molar-refractivity contribution is 0.0569. The maximum absolute atomic E-state index is 7.65. The first kappa shape index (κ1) is 32.7. The Bertz CT molecular complexity index is 2470. The van der Waals surface area contributed by atoms with Gasteiger partial charge < -0.3 is 28.7 Å². The third-order valence-electron chi connectivity index (χ3n) is 13.1. The number of likely N-dealkylation sites (N-methyl/N-ethyl adjacent to an activating group) is 2. The molecular formula is C48H44N2O4. The van der Waals surface area contributed by atoms with Gasteiger partial charge in [0.1, 0.15) is 23.0 Å². The molecule has 2 unspecified atom stereocenters. The molecule has 6 aromatic carbocycles. The van der Waals surface area contributed by atoms with Crippen molar-refractivity contribution in [1.29, 1.82) is 0 Å². The molecule has 10 rings (SSSR count). The van der Waals surface area contributed by atoms with E-state index < -0.39 is 22.3 Å². The van der Waals surface area contributed by atoms with Gasteiger partial charge in [-0.3, -0.25) is 0 Å². The monoisotopic (exact) mass is 712 g/mol. The maximum Gasteiger partial charge on any atom is 0.211 e. The lowest BCUT2D eigenvalue weighted by Gasteiger charge is -2.47. The molecular weight excluding hydrogens is 669 g/mol. The van der Waals surface area contributed by atoms with Crippen LogP contribution in [-0.4, -0.2) is 39.8 Å². The van der Waals surface area contributed by atoms with Gasteiger partial charge in [0.15, 0.2) is 0 Å². The van der Waals surface area contributed by atoms with E-state index >= 15 is 0 Å². The van der Waals surface area contributed by atoms with E-state index in [1.807, 2.05) is 12.1 Å². The Balaban J connectivity index is 1.24. The zero-order valence-corrected chi connectivity index (χ0v) is 32.1. The molecule has 0 N–H and O–H groups in total. The summed E-state index contributed by atoms with van der Waals surface area (Å²) in [5.41, 5.74) is 6.23. The topological polar surface area (TPSA) is 43.4 Å².